The Bertz CT molecular complexity index is 903. The molecule has 0 aliphatic heterocycles. The summed E-state index contributed by atoms with van der Waals surface area (Å²) in [4.78, 5) is 20.3. The summed E-state index contributed by atoms with van der Waals surface area (Å²) in [5.74, 6) is 0.692. The van der Waals surface area contributed by atoms with Crippen LogP contribution in [0.1, 0.15) is 19.4 Å². The van der Waals surface area contributed by atoms with E-state index >= 15 is 0 Å². The van der Waals surface area contributed by atoms with E-state index in [0.29, 0.717) is 11.1 Å². The van der Waals surface area contributed by atoms with Crippen LogP contribution in [-0.4, -0.2) is 25.7 Å². The van der Waals surface area contributed by atoms with Crippen molar-refractivity contribution in [3.05, 3.63) is 40.8 Å². The smallest absolute Gasteiger partial charge is 0.226 e. The van der Waals surface area contributed by atoms with Crippen molar-refractivity contribution in [2.24, 2.45) is 13.0 Å². The van der Waals surface area contributed by atoms with Gasteiger partial charge in [-0.3, -0.25) is 4.79 Å². The van der Waals surface area contributed by atoms with Crippen LogP contribution in [0.3, 0.4) is 0 Å². The summed E-state index contributed by atoms with van der Waals surface area (Å²) in [6.07, 6.45) is 1.52. The first-order chi connectivity index (χ1) is 12.0. The van der Waals surface area contributed by atoms with E-state index in [1.807, 2.05) is 45.2 Å². The van der Waals surface area contributed by atoms with Crippen molar-refractivity contribution in [3.8, 4) is 0 Å². The Balaban J connectivity index is 1.71. The second-order valence-corrected chi connectivity index (χ2v) is 6.78. The topological polar surface area (TPSA) is 84.7 Å². The van der Waals surface area contributed by atoms with E-state index in [9.17, 15) is 4.79 Å². The molecule has 1 amide bonds. The van der Waals surface area contributed by atoms with E-state index in [2.05, 4.69) is 41.6 Å². The standard InChI is InChI=1S/C17H19BrN6O/c1-10(2)17(25)22-12-6-4-11(5-7-12)8-19-15-13-14(18)23-24(3)16(13)21-9-20-15/h4-7,9-10H,8H2,1-3H3,(H,22,25)(H,19,20,21). The molecule has 0 saturated carbocycles. The number of aryl methyl sites for hydroxylation is 1. The number of amides is 1. The number of benzene rings is 1. The number of halogens is 1. The lowest BCUT2D eigenvalue weighted by molar-refractivity contribution is -0.118. The van der Waals surface area contributed by atoms with Gasteiger partial charge >= 0.3 is 0 Å². The number of carbonyl (C=O) groups excluding carboxylic acids is 1. The Morgan fingerprint density at radius 3 is 2.64 bits per heavy atom. The molecule has 3 aromatic rings. The molecule has 0 atom stereocenters. The first-order valence-electron chi connectivity index (χ1n) is 7.92. The van der Waals surface area contributed by atoms with E-state index in [1.54, 1.807) is 4.68 Å². The zero-order chi connectivity index (χ0) is 18.0. The van der Waals surface area contributed by atoms with Gasteiger partial charge in [0.2, 0.25) is 5.91 Å². The number of rotatable bonds is 5. The number of nitrogens with zero attached hydrogens (tertiary/aromatic N) is 4. The van der Waals surface area contributed by atoms with Crippen LogP contribution >= 0.6 is 15.9 Å². The number of nitrogens with one attached hydrogen (secondary N) is 2. The van der Waals surface area contributed by atoms with Crippen molar-refractivity contribution < 1.29 is 4.79 Å². The molecule has 0 radical (unpaired) electrons. The lowest BCUT2D eigenvalue weighted by Gasteiger charge is -2.10. The first kappa shape index (κ1) is 17.3. The number of carbonyl (C=O) groups is 1. The van der Waals surface area contributed by atoms with Gasteiger partial charge in [0, 0.05) is 25.2 Å². The van der Waals surface area contributed by atoms with E-state index in [4.69, 9.17) is 0 Å². The summed E-state index contributed by atoms with van der Waals surface area (Å²) in [6.45, 7) is 4.34. The second kappa shape index (κ2) is 7.18. The third-order valence-corrected chi connectivity index (χ3v) is 4.34. The van der Waals surface area contributed by atoms with Crippen LogP contribution in [0.15, 0.2) is 35.2 Å². The molecule has 0 spiro atoms. The van der Waals surface area contributed by atoms with Crippen LogP contribution in [0.4, 0.5) is 11.5 Å². The van der Waals surface area contributed by atoms with Crippen molar-refractivity contribution in [1.29, 1.82) is 0 Å². The average molecular weight is 403 g/mol. The normalized spacial score (nSPS) is 11.1. The number of hydrogen-bond donors (Lipinski definition) is 2. The number of hydrogen-bond acceptors (Lipinski definition) is 5. The largest absolute Gasteiger partial charge is 0.365 e. The van der Waals surface area contributed by atoms with Gasteiger partial charge in [0.15, 0.2) is 5.65 Å². The number of fused-ring (bicyclic) bond motifs is 1. The highest BCUT2D eigenvalue weighted by Gasteiger charge is 2.13. The molecule has 1 aromatic carbocycles. The maximum Gasteiger partial charge on any atom is 0.226 e. The van der Waals surface area contributed by atoms with Gasteiger partial charge in [0.1, 0.15) is 16.7 Å². The summed E-state index contributed by atoms with van der Waals surface area (Å²) in [6, 6.07) is 7.74. The van der Waals surface area contributed by atoms with Crippen LogP contribution in [0.5, 0.6) is 0 Å². The zero-order valence-corrected chi connectivity index (χ0v) is 15.8. The van der Waals surface area contributed by atoms with E-state index in [-0.39, 0.29) is 11.8 Å². The monoisotopic (exact) mass is 402 g/mol. The van der Waals surface area contributed by atoms with Gasteiger partial charge in [0.05, 0.1) is 5.39 Å². The SMILES string of the molecule is CC(C)C(=O)Nc1ccc(CNc2ncnc3c2c(Br)nn3C)cc1. The lowest BCUT2D eigenvalue weighted by atomic mass is 10.1. The van der Waals surface area contributed by atoms with Crippen LogP contribution in [0, 0.1) is 5.92 Å². The molecule has 0 unspecified atom stereocenters. The quantitative estimate of drug-likeness (QED) is 0.683. The molecular formula is C17H19BrN6O. The minimum Gasteiger partial charge on any atom is -0.365 e. The fraction of sp³-hybridized carbons (Fsp3) is 0.294. The van der Waals surface area contributed by atoms with Crippen molar-refractivity contribution in [2.75, 3.05) is 10.6 Å². The van der Waals surface area contributed by atoms with Crippen molar-refractivity contribution in [1.82, 2.24) is 19.7 Å². The van der Waals surface area contributed by atoms with E-state index in [0.717, 1.165) is 28.1 Å². The fourth-order valence-corrected chi connectivity index (χ4v) is 2.96. The number of aromatic nitrogens is 4. The summed E-state index contributed by atoms with van der Waals surface area (Å²) in [7, 11) is 1.84. The molecular weight excluding hydrogens is 384 g/mol. The molecule has 2 aromatic heterocycles. The van der Waals surface area contributed by atoms with Gasteiger partial charge in [0.25, 0.3) is 0 Å². The number of anilines is 2. The Morgan fingerprint density at radius 2 is 1.96 bits per heavy atom. The van der Waals surface area contributed by atoms with Crippen LogP contribution < -0.4 is 10.6 Å². The highest BCUT2D eigenvalue weighted by atomic mass is 79.9. The molecule has 0 aliphatic rings. The Kier molecular flexibility index (Phi) is 4.98. The van der Waals surface area contributed by atoms with Gasteiger partial charge in [-0.25, -0.2) is 14.6 Å². The van der Waals surface area contributed by atoms with E-state index in [1.165, 1.54) is 6.33 Å². The molecule has 2 heterocycles. The van der Waals surface area contributed by atoms with Crippen molar-refractivity contribution in [3.63, 3.8) is 0 Å². The molecule has 25 heavy (non-hydrogen) atoms. The minimum atomic E-state index is -0.0422. The van der Waals surface area contributed by atoms with Crippen molar-refractivity contribution in [2.45, 2.75) is 20.4 Å². The lowest BCUT2D eigenvalue weighted by Crippen LogP contribution is -2.17. The Hall–Kier alpha value is -2.48. The molecule has 130 valence electrons. The third-order valence-electron chi connectivity index (χ3n) is 3.78. The summed E-state index contributed by atoms with van der Waals surface area (Å²) in [5, 5.41) is 11.4. The third kappa shape index (κ3) is 3.79. The molecule has 0 bridgehead atoms. The molecule has 2 N–H and O–H groups in total. The Morgan fingerprint density at radius 1 is 1.24 bits per heavy atom. The molecule has 0 aliphatic carbocycles. The summed E-state index contributed by atoms with van der Waals surface area (Å²) < 4.78 is 2.42. The zero-order valence-electron chi connectivity index (χ0n) is 14.2. The summed E-state index contributed by atoms with van der Waals surface area (Å²) in [5.41, 5.74) is 2.63. The molecule has 8 heteroatoms. The molecule has 0 saturated heterocycles. The first-order valence-corrected chi connectivity index (χ1v) is 8.72. The highest BCUT2D eigenvalue weighted by molar-refractivity contribution is 9.10. The van der Waals surface area contributed by atoms with Gasteiger partial charge in [-0.05, 0) is 33.6 Å². The minimum absolute atomic E-state index is 0.00989. The van der Waals surface area contributed by atoms with Gasteiger partial charge in [-0.1, -0.05) is 26.0 Å². The van der Waals surface area contributed by atoms with Gasteiger partial charge < -0.3 is 10.6 Å². The van der Waals surface area contributed by atoms with Gasteiger partial charge in [-0.2, -0.15) is 5.10 Å². The van der Waals surface area contributed by atoms with E-state index < -0.39 is 0 Å². The van der Waals surface area contributed by atoms with Crippen LogP contribution in [0.25, 0.3) is 11.0 Å². The molecule has 7 nitrogen and oxygen atoms in total. The fourth-order valence-electron chi connectivity index (χ4n) is 2.35. The highest BCUT2D eigenvalue weighted by Crippen LogP contribution is 2.27. The molecule has 3 rings (SSSR count). The summed E-state index contributed by atoms with van der Waals surface area (Å²) >= 11 is 3.45. The predicted molar refractivity (Wildman–Crippen MR) is 101 cm³/mol. The Labute approximate surface area is 154 Å². The second-order valence-electron chi connectivity index (χ2n) is 6.03. The van der Waals surface area contributed by atoms with Crippen molar-refractivity contribution >= 4 is 44.4 Å². The maximum atomic E-state index is 11.7. The maximum absolute atomic E-state index is 11.7. The van der Waals surface area contributed by atoms with Crippen LogP contribution in [0.2, 0.25) is 0 Å². The molecule has 0 fully saturated rings. The average Bonchev–Trinajstić information content (AvgIpc) is 2.89. The predicted octanol–water partition coefficient (Wildman–Crippen LogP) is 3.33. The van der Waals surface area contributed by atoms with Gasteiger partial charge in [-0.15, -0.1) is 0 Å². The van der Waals surface area contributed by atoms with Crippen LogP contribution in [-0.2, 0) is 18.4 Å².